The number of hydrogen-bond donors (Lipinski definition) is 1. The Labute approximate surface area is 189 Å². The van der Waals surface area contributed by atoms with Crippen LogP contribution >= 0.6 is 0 Å². The highest BCUT2D eigenvalue weighted by Crippen LogP contribution is 2.47. The van der Waals surface area contributed by atoms with E-state index in [-0.39, 0.29) is 18.3 Å². The van der Waals surface area contributed by atoms with Crippen molar-refractivity contribution in [2.75, 3.05) is 18.0 Å². The Kier molecular flexibility index (Phi) is 4.62. The first kappa shape index (κ1) is 19.9. The molecule has 1 N–H and O–H groups in total. The summed E-state index contributed by atoms with van der Waals surface area (Å²) >= 11 is 0. The maximum atomic E-state index is 13.9. The van der Waals surface area contributed by atoms with Crippen molar-refractivity contribution in [1.29, 1.82) is 0 Å². The molecule has 164 valence electrons. The highest BCUT2D eigenvalue weighted by Gasteiger charge is 2.51. The average molecular weight is 440 g/mol. The maximum Gasteiger partial charge on any atom is 0.238 e. The molecule has 1 amide bonds. The Balaban J connectivity index is 1.50. The van der Waals surface area contributed by atoms with Crippen molar-refractivity contribution >= 4 is 22.4 Å². The first-order chi connectivity index (χ1) is 16.2. The summed E-state index contributed by atoms with van der Waals surface area (Å²) in [6.45, 7) is 1.89. The van der Waals surface area contributed by atoms with Gasteiger partial charge in [-0.05, 0) is 61.1 Å². The zero-order valence-corrected chi connectivity index (χ0v) is 17.8. The van der Waals surface area contributed by atoms with Gasteiger partial charge >= 0.3 is 0 Å². The predicted molar refractivity (Wildman–Crippen MR) is 122 cm³/mol. The lowest BCUT2D eigenvalue weighted by Gasteiger charge is -2.33. The zero-order valence-electron chi connectivity index (χ0n) is 17.8. The molecule has 7 nitrogen and oxygen atoms in total. The largest absolute Gasteiger partial charge is 0.317 e. The molecule has 1 spiro atoms. The van der Waals surface area contributed by atoms with Gasteiger partial charge in [0, 0.05) is 28.9 Å². The first-order valence-electron chi connectivity index (χ1n) is 11.0. The van der Waals surface area contributed by atoms with Crippen LogP contribution in [0.5, 0.6) is 0 Å². The van der Waals surface area contributed by atoms with E-state index in [4.69, 9.17) is 0 Å². The summed E-state index contributed by atoms with van der Waals surface area (Å²) in [4.78, 5) is 24.7. The molecule has 0 aliphatic carbocycles. The van der Waals surface area contributed by atoms with Crippen molar-refractivity contribution in [1.82, 2.24) is 25.5 Å². The number of pyridine rings is 2. The van der Waals surface area contributed by atoms with Crippen LogP contribution in [-0.4, -0.2) is 39.2 Å². The Bertz CT molecular complexity index is 1370. The smallest absolute Gasteiger partial charge is 0.238 e. The van der Waals surface area contributed by atoms with Gasteiger partial charge in [-0.2, -0.15) is 10.2 Å². The van der Waals surface area contributed by atoms with Crippen LogP contribution in [0.15, 0.2) is 61.3 Å². The lowest BCUT2D eigenvalue weighted by atomic mass is 9.74. The number of nitrogens with zero attached hydrogens (tertiary/aromatic N) is 5. The number of nitrogens with one attached hydrogen (secondary N) is 1. The first-order valence-corrected chi connectivity index (χ1v) is 11.0. The van der Waals surface area contributed by atoms with E-state index < -0.39 is 5.41 Å². The Morgan fingerprint density at radius 3 is 2.73 bits per heavy atom. The van der Waals surface area contributed by atoms with Gasteiger partial charge in [-0.3, -0.25) is 14.8 Å². The standard InChI is InChI=1S/C25H21FN6O/c26-18-1-2-19-17(11-18)12-29-21(23(19)16-3-8-30-31-13-16)15-32-22-14-28-7-4-20(22)25(24(32)33)5-9-27-10-6-25/h1-4,7-8,11-14,27H,5-6,9-10,15H2. The predicted octanol–water partition coefficient (Wildman–Crippen LogP) is 3.39. The molecule has 0 radical (unpaired) electrons. The summed E-state index contributed by atoms with van der Waals surface area (Å²) in [6, 6.07) is 8.49. The van der Waals surface area contributed by atoms with E-state index in [1.165, 1.54) is 12.1 Å². The van der Waals surface area contributed by atoms with Crippen molar-refractivity contribution in [2.45, 2.75) is 24.8 Å². The molecular formula is C25H21FN6O. The summed E-state index contributed by atoms with van der Waals surface area (Å²) in [7, 11) is 0. The van der Waals surface area contributed by atoms with Gasteiger partial charge in [0.15, 0.2) is 0 Å². The van der Waals surface area contributed by atoms with E-state index in [1.54, 1.807) is 37.1 Å². The quantitative estimate of drug-likeness (QED) is 0.526. The van der Waals surface area contributed by atoms with Crippen LogP contribution in [0.1, 0.15) is 24.1 Å². The molecule has 1 fully saturated rings. The number of rotatable bonds is 3. The molecule has 8 heteroatoms. The molecule has 33 heavy (non-hydrogen) atoms. The van der Waals surface area contributed by atoms with Gasteiger partial charge < -0.3 is 10.2 Å². The van der Waals surface area contributed by atoms with Crippen LogP contribution in [0.3, 0.4) is 0 Å². The molecule has 1 aromatic carbocycles. The number of aromatic nitrogens is 4. The molecule has 6 rings (SSSR count). The summed E-state index contributed by atoms with van der Waals surface area (Å²) < 4.78 is 13.9. The van der Waals surface area contributed by atoms with E-state index in [0.29, 0.717) is 5.39 Å². The average Bonchev–Trinajstić information content (AvgIpc) is 3.07. The van der Waals surface area contributed by atoms with Gasteiger partial charge in [-0.15, -0.1) is 0 Å². The molecule has 0 atom stereocenters. The van der Waals surface area contributed by atoms with E-state index in [1.807, 2.05) is 17.0 Å². The third-order valence-corrected chi connectivity index (χ3v) is 6.83. The Morgan fingerprint density at radius 1 is 1.03 bits per heavy atom. The van der Waals surface area contributed by atoms with Crippen molar-refractivity contribution < 1.29 is 9.18 Å². The molecule has 2 aliphatic heterocycles. The lowest BCUT2D eigenvalue weighted by Crippen LogP contribution is -2.47. The monoisotopic (exact) mass is 440 g/mol. The second-order valence-corrected chi connectivity index (χ2v) is 8.56. The van der Waals surface area contributed by atoms with Gasteiger partial charge in [0.1, 0.15) is 5.82 Å². The lowest BCUT2D eigenvalue weighted by molar-refractivity contribution is -0.124. The van der Waals surface area contributed by atoms with Crippen LogP contribution in [-0.2, 0) is 16.8 Å². The summed E-state index contributed by atoms with van der Waals surface area (Å²) in [6.07, 6.45) is 9.99. The fourth-order valence-electron chi connectivity index (χ4n) is 5.25. The van der Waals surface area contributed by atoms with Crippen molar-refractivity contribution in [2.24, 2.45) is 0 Å². The minimum Gasteiger partial charge on any atom is -0.317 e. The summed E-state index contributed by atoms with van der Waals surface area (Å²) in [5, 5.41) is 12.8. The van der Waals surface area contributed by atoms with E-state index in [2.05, 4.69) is 25.5 Å². The number of hydrogen-bond acceptors (Lipinski definition) is 6. The normalized spacial score (nSPS) is 17.0. The number of halogens is 1. The fourth-order valence-corrected chi connectivity index (χ4v) is 5.25. The third kappa shape index (κ3) is 3.09. The van der Waals surface area contributed by atoms with Crippen LogP contribution < -0.4 is 10.2 Å². The highest BCUT2D eigenvalue weighted by molar-refractivity contribution is 6.08. The molecule has 5 heterocycles. The number of anilines is 1. The second-order valence-electron chi connectivity index (χ2n) is 8.56. The minimum absolute atomic E-state index is 0.0896. The SMILES string of the molecule is O=C1N(Cc2ncc3cc(F)ccc3c2-c2ccnnc2)c2cnccc2C12CCNCC2. The maximum absolute atomic E-state index is 13.9. The van der Waals surface area contributed by atoms with Crippen molar-refractivity contribution in [3.05, 3.63) is 78.4 Å². The second kappa shape index (κ2) is 7.67. The summed E-state index contributed by atoms with van der Waals surface area (Å²) in [5.41, 5.74) is 3.72. The zero-order chi connectivity index (χ0) is 22.4. The fraction of sp³-hybridized carbons (Fsp3) is 0.240. The molecule has 2 aliphatic rings. The Hall–Kier alpha value is -3.78. The van der Waals surface area contributed by atoms with E-state index >= 15 is 0 Å². The van der Waals surface area contributed by atoms with Gasteiger partial charge in [-0.25, -0.2) is 4.39 Å². The molecule has 0 unspecified atom stereocenters. The number of amides is 1. The van der Waals surface area contributed by atoms with Crippen molar-refractivity contribution in [3.8, 4) is 11.1 Å². The molecular weight excluding hydrogens is 419 g/mol. The van der Waals surface area contributed by atoms with E-state index in [0.717, 1.165) is 59.4 Å². The van der Waals surface area contributed by atoms with Crippen LogP contribution in [0.2, 0.25) is 0 Å². The third-order valence-electron chi connectivity index (χ3n) is 6.83. The minimum atomic E-state index is -0.526. The number of fused-ring (bicyclic) bond motifs is 3. The number of piperidine rings is 1. The molecule has 3 aromatic heterocycles. The van der Waals surface area contributed by atoms with Crippen molar-refractivity contribution in [3.63, 3.8) is 0 Å². The molecule has 0 bridgehead atoms. The Morgan fingerprint density at radius 2 is 1.91 bits per heavy atom. The van der Waals surface area contributed by atoms with Gasteiger partial charge in [-0.1, -0.05) is 6.07 Å². The van der Waals surface area contributed by atoms with Gasteiger partial charge in [0.05, 0.1) is 41.9 Å². The highest BCUT2D eigenvalue weighted by atomic mass is 19.1. The summed E-state index contributed by atoms with van der Waals surface area (Å²) in [5.74, 6) is -0.231. The van der Waals surface area contributed by atoms with Gasteiger partial charge in [0.2, 0.25) is 5.91 Å². The molecule has 4 aromatic rings. The number of benzene rings is 1. The number of carbonyl (C=O) groups is 1. The van der Waals surface area contributed by atoms with Crippen LogP contribution in [0.4, 0.5) is 10.1 Å². The van der Waals surface area contributed by atoms with Crippen LogP contribution in [0, 0.1) is 5.82 Å². The molecule has 1 saturated heterocycles. The van der Waals surface area contributed by atoms with Crippen LogP contribution in [0.25, 0.3) is 21.9 Å². The van der Waals surface area contributed by atoms with Gasteiger partial charge in [0.25, 0.3) is 0 Å². The number of carbonyl (C=O) groups excluding carboxylic acids is 1. The molecule has 0 saturated carbocycles. The van der Waals surface area contributed by atoms with E-state index in [9.17, 15) is 9.18 Å². The topological polar surface area (TPSA) is 83.9 Å².